The molecule has 1 saturated heterocycles. The molecule has 136 valence electrons. The van der Waals surface area contributed by atoms with Gasteiger partial charge in [0.25, 0.3) is 11.8 Å². The van der Waals surface area contributed by atoms with Crippen molar-refractivity contribution in [2.24, 2.45) is 0 Å². The molecule has 1 aliphatic rings. The molecule has 2 heterocycles. The van der Waals surface area contributed by atoms with Crippen LogP contribution in [-0.2, 0) is 9.53 Å². The van der Waals surface area contributed by atoms with Gasteiger partial charge in [0.15, 0.2) is 6.61 Å². The first-order chi connectivity index (χ1) is 13.1. The van der Waals surface area contributed by atoms with Gasteiger partial charge in [0.05, 0.1) is 17.5 Å². The molecule has 1 atom stereocenters. The van der Waals surface area contributed by atoms with Crippen LogP contribution in [0.5, 0.6) is 0 Å². The van der Waals surface area contributed by atoms with E-state index in [1.165, 1.54) is 11.3 Å². The Kier molecular flexibility index (Phi) is 4.60. The number of rotatable bonds is 5. The van der Waals surface area contributed by atoms with Crippen molar-refractivity contribution in [3.8, 4) is 0 Å². The number of imide groups is 1. The summed E-state index contributed by atoms with van der Waals surface area (Å²) in [4.78, 5) is 38.1. The van der Waals surface area contributed by atoms with Gasteiger partial charge in [0.2, 0.25) is 0 Å². The van der Waals surface area contributed by atoms with Gasteiger partial charge < -0.3 is 10.1 Å². The lowest BCUT2D eigenvalue weighted by Crippen LogP contribution is -2.40. The van der Waals surface area contributed by atoms with Crippen molar-refractivity contribution in [3.05, 3.63) is 71.1 Å². The normalized spacial score (nSPS) is 15.0. The third-order valence-electron chi connectivity index (χ3n) is 4.36. The molecule has 4 rings (SSSR count). The minimum Gasteiger partial charge on any atom is -0.439 e. The van der Waals surface area contributed by atoms with Crippen LogP contribution in [0.15, 0.2) is 60.7 Å². The zero-order valence-electron chi connectivity index (χ0n) is 14.3. The summed E-state index contributed by atoms with van der Waals surface area (Å²) < 4.78 is 5.80. The zero-order chi connectivity index (χ0) is 18.8. The Morgan fingerprint density at radius 3 is 2.56 bits per heavy atom. The predicted octanol–water partition coefficient (Wildman–Crippen LogP) is 3.35. The first-order valence-corrected chi connectivity index (χ1v) is 9.25. The molecule has 0 saturated carbocycles. The van der Waals surface area contributed by atoms with Crippen molar-refractivity contribution in [1.29, 1.82) is 0 Å². The van der Waals surface area contributed by atoms with Crippen molar-refractivity contribution in [2.45, 2.75) is 6.04 Å². The molecule has 0 spiro atoms. The van der Waals surface area contributed by atoms with Crippen LogP contribution in [0.1, 0.15) is 21.3 Å². The molecule has 0 aliphatic carbocycles. The number of hydrogen-bond acceptors (Lipinski definition) is 5. The smallest absolute Gasteiger partial charge is 0.417 e. The van der Waals surface area contributed by atoms with E-state index in [-0.39, 0.29) is 19.1 Å². The third-order valence-corrected chi connectivity index (χ3v) is 5.48. The molecular formula is C20H16N2O4S. The Bertz CT molecular complexity index is 966. The number of nitrogens with zero attached hydrogens (tertiary/aromatic N) is 1. The molecule has 1 N–H and O–H groups in total. The minimum absolute atomic E-state index is 0.0261. The van der Waals surface area contributed by atoms with Gasteiger partial charge in [-0.15, -0.1) is 11.3 Å². The topological polar surface area (TPSA) is 75.7 Å². The van der Waals surface area contributed by atoms with Crippen LogP contribution >= 0.6 is 11.3 Å². The maximum Gasteiger partial charge on any atom is 0.417 e. The number of nitrogens with one attached hydrogen (secondary N) is 1. The highest BCUT2D eigenvalue weighted by Crippen LogP contribution is 2.26. The lowest BCUT2D eigenvalue weighted by molar-refractivity contribution is -0.126. The number of carbonyl (C=O) groups excluding carboxylic acids is 3. The van der Waals surface area contributed by atoms with Crippen LogP contribution < -0.4 is 5.32 Å². The Morgan fingerprint density at radius 1 is 1.11 bits per heavy atom. The number of ether oxygens (including phenoxy) is 1. The lowest BCUT2D eigenvalue weighted by Gasteiger charge is -2.22. The van der Waals surface area contributed by atoms with Gasteiger partial charge in [-0.2, -0.15) is 0 Å². The molecule has 1 aromatic heterocycles. The summed E-state index contributed by atoms with van der Waals surface area (Å²) in [5, 5.41) is 3.95. The van der Waals surface area contributed by atoms with Gasteiger partial charge in [-0.25, -0.2) is 9.69 Å². The number of hydrogen-bond donors (Lipinski definition) is 1. The summed E-state index contributed by atoms with van der Waals surface area (Å²) in [6.07, 6.45) is -0.683. The summed E-state index contributed by atoms with van der Waals surface area (Å²) in [7, 11) is 0. The van der Waals surface area contributed by atoms with Crippen molar-refractivity contribution < 1.29 is 19.1 Å². The second-order valence-electron chi connectivity index (χ2n) is 6.14. The number of amides is 3. The van der Waals surface area contributed by atoms with Gasteiger partial charge in [0, 0.05) is 4.70 Å². The second-order valence-corrected chi connectivity index (χ2v) is 7.23. The average molecular weight is 380 g/mol. The molecular weight excluding hydrogens is 364 g/mol. The molecule has 1 aliphatic heterocycles. The standard InChI is InChI=1S/C20H16N2O4S/c23-18-12-26-20(25)22(18)11-15(13-6-2-1-3-7-13)21-19(24)17-10-14-8-4-5-9-16(14)27-17/h1-10,15H,11-12H2,(H,21,24)/t15-/m0/s1. The Hall–Kier alpha value is -3.19. The predicted molar refractivity (Wildman–Crippen MR) is 102 cm³/mol. The van der Waals surface area contributed by atoms with E-state index in [0.29, 0.717) is 4.88 Å². The highest BCUT2D eigenvalue weighted by atomic mass is 32.1. The monoisotopic (exact) mass is 380 g/mol. The van der Waals surface area contributed by atoms with Gasteiger partial charge in [0.1, 0.15) is 0 Å². The van der Waals surface area contributed by atoms with E-state index in [1.54, 1.807) is 0 Å². The summed E-state index contributed by atoms with van der Waals surface area (Å²) in [6, 6.07) is 18.3. The Labute approximate surface area is 159 Å². The molecule has 3 amide bonds. The molecule has 0 unspecified atom stereocenters. The van der Waals surface area contributed by atoms with Crippen LogP contribution in [0.4, 0.5) is 4.79 Å². The van der Waals surface area contributed by atoms with E-state index >= 15 is 0 Å². The molecule has 2 aromatic carbocycles. The fraction of sp³-hybridized carbons (Fsp3) is 0.150. The van der Waals surface area contributed by atoms with Gasteiger partial charge >= 0.3 is 6.09 Å². The van der Waals surface area contributed by atoms with E-state index in [9.17, 15) is 14.4 Å². The van der Waals surface area contributed by atoms with Crippen LogP contribution in [0.2, 0.25) is 0 Å². The number of carbonyl (C=O) groups is 3. The van der Waals surface area contributed by atoms with Crippen LogP contribution in [-0.4, -0.2) is 36.0 Å². The molecule has 3 aromatic rings. The van der Waals surface area contributed by atoms with E-state index in [4.69, 9.17) is 4.74 Å². The highest BCUT2D eigenvalue weighted by Gasteiger charge is 2.34. The third kappa shape index (κ3) is 3.54. The minimum atomic E-state index is -0.683. The molecule has 6 nitrogen and oxygen atoms in total. The van der Waals surface area contributed by atoms with Crippen molar-refractivity contribution in [3.63, 3.8) is 0 Å². The fourth-order valence-electron chi connectivity index (χ4n) is 2.98. The number of benzene rings is 2. The summed E-state index contributed by atoms with van der Waals surface area (Å²) >= 11 is 1.40. The van der Waals surface area contributed by atoms with E-state index in [0.717, 1.165) is 20.5 Å². The van der Waals surface area contributed by atoms with Crippen LogP contribution in [0.25, 0.3) is 10.1 Å². The summed E-state index contributed by atoms with van der Waals surface area (Å²) in [5.41, 5.74) is 0.805. The van der Waals surface area contributed by atoms with Gasteiger partial charge in [-0.05, 0) is 23.1 Å². The summed E-state index contributed by atoms with van der Waals surface area (Å²) in [5.74, 6) is -0.651. The first-order valence-electron chi connectivity index (χ1n) is 8.43. The highest BCUT2D eigenvalue weighted by molar-refractivity contribution is 7.20. The second kappa shape index (κ2) is 7.20. The maximum atomic E-state index is 12.8. The number of cyclic esters (lactones) is 1. The van der Waals surface area contributed by atoms with Crippen LogP contribution in [0.3, 0.4) is 0 Å². The zero-order valence-corrected chi connectivity index (χ0v) is 15.1. The molecule has 0 bridgehead atoms. The van der Waals surface area contributed by atoms with Gasteiger partial charge in [-0.1, -0.05) is 48.5 Å². The van der Waals surface area contributed by atoms with Crippen molar-refractivity contribution >= 4 is 39.3 Å². The van der Waals surface area contributed by atoms with E-state index in [1.807, 2.05) is 60.7 Å². The summed E-state index contributed by atoms with van der Waals surface area (Å²) in [6.45, 7) is -0.233. The molecule has 0 radical (unpaired) electrons. The Morgan fingerprint density at radius 2 is 1.85 bits per heavy atom. The molecule has 27 heavy (non-hydrogen) atoms. The maximum absolute atomic E-state index is 12.8. The Balaban J connectivity index is 1.59. The van der Waals surface area contributed by atoms with Crippen LogP contribution in [0, 0.1) is 0 Å². The largest absolute Gasteiger partial charge is 0.439 e. The van der Waals surface area contributed by atoms with Crippen molar-refractivity contribution in [1.82, 2.24) is 10.2 Å². The van der Waals surface area contributed by atoms with Gasteiger partial charge in [-0.3, -0.25) is 9.59 Å². The lowest BCUT2D eigenvalue weighted by atomic mass is 10.1. The fourth-order valence-corrected chi connectivity index (χ4v) is 3.95. The van der Waals surface area contributed by atoms with E-state index < -0.39 is 18.0 Å². The molecule has 7 heteroatoms. The number of thiophene rings is 1. The molecule has 1 fully saturated rings. The number of fused-ring (bicyclic) bond motifs is 1. The van der Waals surface area contributed by atoms with Crippen molar-refractivity contribution in [2.75, 3.05) is 13.2 Å². The SMILES string of the molecule is O=C(N[C@@H](CN1C(=O)COC1=O)c1ccccc1)c1cc2ccccc2s1. The van der Waals surface area contributed by atoms with E-state index in [2.05, 4.69) is 5.32 Å². The first kappa shape index (κ1) is 17.2. The average Bonchev–Trinajstić information content (AvgIpc) is 3.26. The quantitative estimate of drug-likeness (QED) is 0.737.